The first-order valence-electron chi connectivity index (χ1n) is 5.19. The van der Waals surface area contributed by atoms with Crippen molar-refractivity contribution in [3.63, 3.8) is 0 Å². The van der Waals surface area contributed by atoms with E-state index in [0.29, 0.717) is 10.9 Å². The second-order valence-corrected chi connectivity index (χ2v) is 4.78. The topological polar surface area (TPSA) is 24.9 Å². The van der Waals surface area contributed by atoms with Crippen molar-refractivity contribution in [2.45, 2.75) is 31.2 Å². The number of pyridine rings is 1. The van der Waals surface area contributed by atoms with E-state index in [1.54, 1.807) is 12.4 Å². The van der Waals surface area contributed by atoms with Gasteiger partial charge < -0.3 is 5.32 Å². The van der Waals surface area contributed by atoms with Crippen molar-refractivity contribution < 1.29 is 0 Å². The highest BCUT2D eigenvalue weighted by Crippen LogP contribution is 2.35. The molecule has 1 N–H and O–H groups in total. The van der Waals surface area contributed by atoms with E-state index in [2.05, 4.69) is 10.3 Å². The van der Waals surface area contributed by atoms with Gasteiger partial charge in [-0.25, -0.2) is 0 Å². The monoisotopic (exact) mass is 244 g/mol. The number of hydrogen-bond donors (Lipinski definition) is 1. The predicted molar refractivity (Wildman–Crippen MR) is 64.8 cm³/mol. The van der Waals surface area contributed by atoms with Gasteiger partial charge in [0.05, 0.1) is 16.2 Å². The number of aromatic nitrogens is 1. The largest absolute Gasteiger partial charge is 0.377 e. The van der Waals surface area contributed by atoms with Crippen LogP contribution in [0.15, 0.2) is 18.5 Å². The summed E-state index contributed by atoms with van der Waals surface area (Å²) in [5, 5.41) is 4.13. The first-order valence-corrected chi connectivity index (χ1v) is 6.11. The lowest BCUT2D eigenvalue weighted by molar-refractivity contribution is 0.540. The second kappa shape index (κ2) is 4.58. The molecule has 0 atom stereocenters. The average molecular weight is 245 g/mol. The Labute approximate surface area is 100.0 Å². The fraction of sp³-hybridized carbons (Fsp3) is 0.545. The third-order valence-electron chi connectivity index (χ3n) is 2.99. The Morgan fingerprint density at radius 1 is 1.40 bits per heavy atom. The molecular weight excluding hydrogens is 231 g/mol. The van der Waals surface area contributed by atoms with Crippen LogP contribution in [0.1, 0.15) is 25.7 Å². The van der Waals surface area contributed by atoms with E-state index < -0.39 is 0 Å². The van der Waals surface area contributed by atoms with Crippen molar-refractivity contribution in [1.29, 1.82) is 0 Å². The Kier molecular flexibility index (Phi) is 3.37. The molecule has 1 heterocycles. The number of halogens is 2. The molecule has 0 spiro atoms. The summed E-state index contributed by atoms with van der Waals surface area (Å²) in [6, 6.07) is 1.90. The second-order valence-electron chi connectivity index (χ2n) is 4.10. The number of rotatable bonds is 3. The fourth-order valence-electron chi connectivity index (χ4n) is 2.11. The fourth-order valence-corrected chi connectivity index (χ4v) is 2.61. The van der Waals surface area contributed by atoms with Crippen LogP contribution in [-0.2, 0) is 0 Å². The molecule has 1 saturated carbocycles. The molecule has 0 aliphatic heterocycles. The van der Waals surface area contributed by atoms with E-state index in [1.807, 2.05) is 6.07 Å². The average Bonchev–Trinajstić information content (AvgIpc) is 2.71. The zero-order valence-electron chi connectivity index (χ0n) is 8.47. The third-order valence-corrected chi connectivity index (χ3v) is 3.80. The zero-order valence-corrected chi connectivity index (χ0v) is 9.98. The number of hydrogen-bond acceptors (Lipinski definition) is 2. The Morgan fingerprint density at radius 3 is 2.73 bits per heavy atom. The zero-order chi connectivity index (χ0) is 10.7. The molecule has 2 nitrogen and oxygen atoms in total. The van der Waals surface area contributed by atoms with Crippen LogP contribution in [0.2, 0.25) is 5.02 Å². The number of anilines is 1. The van der Waals surface area contributed by atoms with Crippen LogP contribution < -0.4 is 5.32 Å². The van der Waals surface area contributed by atoms with Gasteiger partial charge in [-0.3, -0.25) is 4.98 Å². The van der Waals surface area contributed by atoms with E-state index in [9.17, 15) is 0 Å². The van der Waals surface area contributed by atoms with Gasteiger partial charge in [0.15, 0.2) is 0 Å². The molecule has 4 heteroatoms. The summed E-state index contributed by atoms with van der Waals surface area (Å²) in [6.07, 6.45) is 8.11. The SMILES string of the molecule is ClCC1(Nc2ccncc2Cl)CCCC1. The van der Waals surface area contributed by atoms with Crippen LogP contribution in [-0.4, -0.2) is 16.4 Å². The summed E-state index contributed by atoms with van der Waals surface area (Å²) in [7, 11) is 0. The Balaban J connectivity index is 2.16. The van der Waals surface area contributed by atoms with Crippen molar-refractivity contribution in [3.05, 3.63) is 23.5 Å². The summed E-state index contributed by atoms with van der Waals surface area (Å²) < 4.78 is 0. The van der Waals surface area contributed by atoms with Crippen LogP contribution in [0.5, 0.6) is 0 Å². The van der Waals surface area contributed by atoms with E-state index >= 15 is 0 Å². The Morgan fingerprint density at radius 2 is 2.13 bits per heavy atom. The van der Waals surface area contributed by atoms with Crippen molar-refractivity contribution in [2.24, 2.45) is 0 Å². The minimum absolute atomic E-state index is 0.0343. The van der Waals surface area contributed by atoms with Gasteiger partial charge in [-0.1, -0.05) is 24.4 Å². The van der Waals surface area contributed by atoms with Crippen LogP contribution in [0.3, 0.4) is 0 Å². The lowest BCUT2D eigenvalue weighted by Gasteiger charge is -2.29. The number of nitrogens with zero attached hydrogens (tertiary/aromatic N) is 1. The molecule has 1 fully saturated rings. The van der Waals surface area contributed by atoms with Crippen LogP contribution in [0, 0.1) is 0 Å². The smallest absolute Gasteiger partial charge is 0.0820 e. The molecule has 1 aliphatic carbocycles. The first kappa shape index (κ1) is 11.0. The standard InChI is InChI=1S/C11H14Cl2N2/c12-8-11(4-1-2-5-11)15-10-3-6-14-7-9(10)13/h3,6-7H,1-2,4-5,8H2,(H,14,15). The molecule has 0 saturated heterocycles. The van der Waals surface area contributed by atoms with Gasteiger partial charge in [-0.2, -0.15) is 0 Å². The van der Waals surface area contributed by atoms with E-state index in [1.165, 1.54) is 12.8 Å². The molecule has 82 valence electrons. The lowest BCUT2D eigenvalue weighted by atomic mass is 10.00. The molecule has 0 aromatic carbocycles. The van der Waals surface area contributed by atoms with Gasteiger partial charge in [0.25, 0.3) is 0 Å². The molecule has 1 aliphatic rings. The molecule has 2 rings (SSSR count). The molecule has 0 radical (unpaired) electrons. The molecule has 15 heavy (non-hydrogen) atoms. The highest BCUT2D eigenvalue weighted by Gasteiger charge is 2.33. The maximum atomic E-state index is 6.05. The summed E-state index contributed by atoms with van der Waals surface area (Å²) in [6.45, 7) is 0. The van der Waals surface area contributed by atoms with Crippen LogP contribution >= 0.6 is 23.2 Å². The number of alkyl halides is 1. The molecule has 0 unspecified atom stereocenters. The molecular formula is C11H14Cl2N2. The molecule has 0 bridgehead atoms. The predicted octanol–water partition coefficient (Wildman–Crippen LogP) is 3.70. The Hall–Kier alpha value is -0.470. The van der Waals surface area contributed by atoms with Gasteiger partial charge in [0.1, 0.15) is 0 Å². The molecule has 0 amide bonds. The number of nitrogens with one attached hydrogen (secondary N) is 1. The van der Waals surface area contributed by atoms with Gasteiger partial charge >= 0.3 is 0 Å². The van der Waals surface area contributed by atoms with E-state index in [-0.39, 0.29) is 5.54 Å². The first-order chi connectivity index (χ1) is 7.26. The highest BCUT2D eigenvalue weighted by molar-refractivity contribution is 6.33. The summed E-state index contributed by atoms with van der Waals surface area (Å²) >= 11 is 12.1. The van der Waals surface area contributed by atoms with Crippen molar-refractivity contribution in [2.75, 3.05) is 11.2 Å². The lowest BCUT2D eigenvalue weighted by Crippen LogP contribution is -2.37. The quantitative estimate of drug-likeness (QED) is 0.821. The third kappa shape index (κ3) is 2.37. The van der Waals surface area contributed by atoms with Crippen molar-refractivity contribution >= 4 is 28.9 Å². The van der Waals surface area contributed by atoms with Gasteiger partial charge in [0.2, 0.25) is 0 Å². The van der Waals surface area contributed by atoms with Gasteiger partial charge in [-0.15, -0.1) is 11.6 Å². The maximum absolute atomic E-state index is 6.05. The van der Waals surface area contributed by atoms with Gasteiger partial charge in [0, 0.05) is 18.3 Å². The van der Waals surface area contributed by atoms with Crippen molar-refractivity contribution in [3.8, 4) is 0 Å². The molecule has 1 aromatic heterocycles. The minimum Gasteiger partial charge on any atom is -0.377 e. The molecule has 1 aromatic rings. The summed E-state index contributed by atoms with van der Waals surface area (Å²) in [5.41, 5.74) is 0.973. The van der Waals surface area contributed by atoms with E-state index in [4.69, 9.17) is 23.2 Å². The van der Waals surface area contributed by atoms with Crippen LogP contribution in [0.4, 0.5) is 5.69 Å². The highest BCUT2D eigenvalue weighted by atomic mass is 35.5. The van der Waals surface area contributed by atoms with E-state index in [0.717, 1.165) is 18.5 Å². The minimum atomic E-state index is 0.0343. The van der Waals surface area contributed by atoms with Crippen LogP contribution in [0.25, 0.3) is 0 Å². The van der Waals surface area contributed by atoms with Gasteiger partial charge in [-0.05, 0) is 18.9 Å². The summed E-state index contributed by atoms with van der Waals surface area (Å²) in [4.78, 5) is 3.96. The normalized spacial score (nSPS) is 19.1. The Bertz CT molecular complexity index is 335. The maximum Gasteiger partial charge on any atom is 0.0820 e. The van der Waals surface area contributed by atoms with Crippen molar-refractivity contribution in [1.82, 2.24) is 4.98 Å². The summed E-state index contributed by atoms with van der Waals surface area (Å²) in [5.74, 6) is 0.631.